The summed E-state index contributed by atoms with van der Waals surface area (Å²) in [5, 5.41) is 10.3. The number of hydrogen-bond donors (Lipinski definition) is 1. The van der Waals surface area contributed by atoms with Crippen LogP contribution in [0.3, 0.4) is 0 Å². The van der Waals surface area contributed by atoms with Crippen LogP contribution in [0, 0.1) is 5.92 Å². The third-order valence-electron chi connectivity index (χ3n) is 3.74. The van der Waals surface area contributed by atoms with Gasteiger partial charge in [-0.15, -0.1) is 0 Å². The van der Waals surface area contributed by atoms with Crippen molar-refractivity contribution in [1.82, 2.24) is 4.90 Å². The fourth-order valence-electron chi connectivity index (χ4n) is 2.48. The Morgan fingerprint density at radius 1 is 1.32 bits per heavy atom. The predicted octanol–water partition coefficient (Wildman–Crippen LogP) is 3.99. The zero-order valence-electron chi connectivity index (χ0n) is 11.7. The van der Waals surface area contributed by atoms with Crippen molar-refractivity contribution in [2.75, 3.05) is 19.6 Å². The molecule has 0 amide bonds. The maximum absolute atomic E-state index is 10.3. The predicted molar refractivity (Wildman–Crippen MR) is 83.2 cm³/mol. The lowest BCUT2D eigenvalue weighted by molar-refractivity contribution is 0.139. The number of nitrogens with zero attached hydrogens (tertiary/aromatic N) is 1. The molecule has 1 fully saturated rings. The molecular weight excluding hydrogens is 302 g/mol. The van der Waals surface area contributed by atoms with E-state index in [4.69, 9.17) is 0 Å². The molecule has 1 unspecified atom stereocenters. The summed E-state index contributed by atoms with van der Waals surface area (Å²) in [5.41, 5.74) is 1.00. The highest BCUT2D eigenvalue weighted by Gasteiger charge is 2.24. The van der Waals surface area contributed by atoms with Crippen LogP contribution < -0.4 is 0 Å². The van der Waals surface area contributed by atoms with Crippen molar-refractivity contribution in [3.8, 4) is 0 Å². The van der Waals surface area contributed by atoms with Gasteiger partial charge < -0.3 is 10.0 Å². The van der Waals surface area contributed by atoms with Crippen LogP contribution >= 0.6 is 15.9 Å². The monoisotopic (exact) mass is 325 g/mol. The Bertz CT molecular complexity index is 392. The topological polar surface area (TPSA) is 23.5 Å². The number of aliphatic hydroxyl groups excluding tert-OH is 1. The summed E-state index contributed by atoms with van der Waals surface area (Å²) in [6.07, 6.45) is 4.43. The minimum Gasteiger partial charge on any atom is -0.388 e. The second-order valence-electron chi connectivity index (χ2n) is 5.57. The van der Waals surface area contributed by atoms with Crippen molar-refractivity contribution in [3.05, 3.63) is 34.3 Å². The number of rotatable bonds is 8. The highest BCUT2D eigenvalue weighted by molar-refractivity contribution is 9.10. The van der Waals surface area contributed by atoms with Gasteiger partial charge in [0.15, 0.2) is 0 Å². The van der Waals surface area contributed by atoms with Gasteiger partial charge in [0.1, 0.15) is 0 Å². The molecule has 0 radical (unpaired) electrons. The fourth-order valence-corrected chi connectivity index (χ4v) is 3.03. The average molecular weight is 326 g/mol. The van der Waals surface area contributed by atoms with Crippen molar-refractivity contribution in [2.24, 2.45) is 5.92 Å². The lowest BCUT2D eigenvalue weighted by atomic mass is 10.1. The SMILES string of the molecule is CCCN(CCC(O)c1ccccc1Br)CC1CC1. The molecule has 0 heterocycles. The summed E-state index contributed by atoms with van der Waals surface area (Å²) < 4.78 is 1.01. The third kappa shape index (κ3) is 4.90. The molecule has 1 N–H and O–H groups in total. The van der Waals surface area contributed by atoms with Crippen LogP contribution in [0.4, 0.5) is 0 Å². The molecule has 1 aromatic carbocycles. The molecule has 2 nitrogen and oxygen atoms in total. The summed E-state index contributed by atoms with van der Waals surface area (Å²) >= 11 is 3.51. The van der Waals surface area contributed by atoms with Crippen LogP contribution in [0.1, 0.15) is 44.3 Å². The van der Waals surface area contributed by atoms with Crippen molar-refractivity contribution < 1.29 is 5.11 Å². The van der Waals surface area contributed by atoms with E-state index in [0.29, 0.717) is 0 Å². The molecule has 0 aromatic heterocycles. The van der Waals surface area contributed by atoms with Gasteiger partial charge in [-0.05, 0) is 49.8 Å². The number of halogens is 1. The van der Waals surface area contributed by atoms with Crippen LogP contribution in [0.5, 0.6) is 0 Å². The van der Waals surface area contributed by atoms with Gasteiger partial charge in [0.05, 0.1) is 6.10 Å². The summed E-state index contributed by atoms with van der Waals surface area (Å²) in [4.78, 5) is 2.51. The van der Waals surface area contributed by atoms with Crippen LogP contribution in [0.15, 0.2) is 28.7 Å². The van der Waals surface area contributed by atoms with Gasteiger partial charge in [-0.3, -0.25) is 0 Å². The molecule has 1 saturated carbocycles. The molecule has 1 aliphatic carbocycles. The Hall–Kier alpha value is -0.380. The van der Waals surface area contributed by atoms with Gasteiger partial charge in [0.25, 0.3) is 0 Å². The van der Waals surface area contributed by atoms with Crippen molar-refractivity contribution in [1.29, 1.82) is 0 Å². The average Bonchev–Trinajstić information content (AvgIpc) is 3.20. The van der Waals surface area contributed by atoms with E-state index < -0.39 is 0 Å². The molecule has 1 aliphatic rings. The molecule has 106 valence electrons. The van der Waals surface area contributed by atoms with Gasteiger partial charge in [-0.1, -0.05) is 41.1 Å². The van der Waals surface area contributed by atoms with E-state index in [9.17, 15) is 5.11 Å². The molecule has 1 atom stereocenters. The van der Waals surface area contributed by atoms with Gasteiger partial charge in [-0.2, -0.15) is 0 Å². The standard InChI is InChI=1S/C16H24BrNO/c1-2-10-18(12-13-7-8-13)11-9-16(19)14-5-3-4-6-15(14)17/h3-6,13,16,19H,2,7-12H2,1H3. The molecule has 1 aromatic rings. The quantitative estimate of drug-likeness (QED) is 0.781. The first-order chi connectivity index (χ1) is 9.20. The second kappa shape index (κ2) is 7.41. The molecule has 19 heavy (non-hydrogen) atoms. The Kier molecular flexibility index (Phi) is 5.86. The van der Waals surface area contributed by atoms with Crippen LogP contribution in [-0.4, -0.2) is 29.6 Å². The van der Waals surface area contributed by atoms with E-state index in [1.54, 1.807) is 0 Å². The highest BCUT2D eigenvalue weighted by atomic mass is 79.9. The number of hydrogen-bond acceptors (Lipinski definition) is 2. The Morgan fingerprint density at radius 3 is 2.68 bits per heavy atom. The van der Waals surface area contributed by atoms with Crippen molar-refractivity contribution in [3.63, 3.8) is 0 Å². The fraction of sp³-hybridized carbons (Fsp3) is 0.625. The molecule has 0 spiro atoms. The van der Waals surface area contributed by atoms with E-state index in [0.717, 1.165) is 35.5 Å². The van der Waals surface area contributed by atoms with Gasteiger partial charge >= 0.3 is 0 Å². The van der Waals surface area contributed by atoms with Gasteiger partial charge in [-0.25, -0.2) is 0 Å². The van der Waals surface area contributed by atoms with Crippen molar-refractivity contribution >= 4 is 15.9 Å². The van der Waals surface area contributed by atoms with Gasteiger partial charge in [0, 0.05) is 17.6 Å². The summed E-state index contributed by atoms with van der Waals surface area (Å²) in [5.74, 6) is 0.923. The highest BCUT2D eigenvalue weighted by Crippen LogP contribution is 2.30. The first-order valence-corrected chi connectivity index (χ1v) is 8.14. The van der Waals surface area contributed by atoms with Crippen LogP contribution in [-0.2, 0) is 0 Å². The zero-order chi connectivity index (χ0) is 13.7. The second-order valence-corrected chi connectivity index (χ2v) is 6.42. The zero-order valence-corrected chi connectivity index (χ0v) is 13.3. The Balaban J connectivity index is 1.83. The normalized spacial score (nSPS) is 16.8. The molecule has 2 rings (SSSR count). The lowest BCUT2D eigenvalue weighted by Crippen LogP contribution is -2.29. The minimum atomic E-state index is -0.367. The minimum absolute atomic E-state index is 0.367. The summed E-state index contributed by atoms with van der Waals surface area (Å²) in [6, 6.07) is 7.96. The number of aliphatic hydroxyl groups is 1. The van der Waals surface area contributed by atoms with Crippen LogP contribution in [0.25, 0.3) is 0 Å². The lowest BCUT2D eigenvalue weighted by Gasteiger charge is -2.23. The summed E-state index contributed by atoms with van der Waals surface area (Å²) in [6.45, 7) is 5.59. The summed E-state index contributed by atoms with van der Waals surface area (Å²) in [7, 11) is 0. The Morgan fingerprint density at radius 2 is 2.05 bits per heavy atom. The Labute approximate surface area is 124 Å². The van der Waals surface area contributed by atoms with E-state index in [2.05, 4.69) is 27.8 Å². The molecular formula is C16H24BrNO. The largest absolute Gasteiger partial charge is 0.388 e. The van der Waals surface area contributed by atoms with E-state index in [1.807, 2.05) is 24.3 Å². The van der Waals surface area contributed by atoms with Gasteiger partial charge in [0.2, 0.25) is 0 Å². The molecule has 0 saturated heterocycles. The van der Waals surface area contributed by atoms with E-state index >= 15 is 0 Å². The van der Waals surface area contributed by atoms with E-state index in [1.165, 1.54) is 25.8 Å². The van der Waals surface area contributed by atoms with E-state index in [-0.39, 0.29) is 6.10 Å². The molecule has 0 bridgehead atoms. The van der Waals surface area contributed by atoms with Crippen molar-refractivity contribution in [2.45, 2.75) is 38.7 Å². The molecule has 3 heteroatoms. The maximum Gasteiger partial charge on any atom is 0.0813 e. The number of benzene rings is 1. The molecule has 0 aliphatic heterocycles. The maximum atomic E-state index is 10.3. The van der Waals surface area contributed by atoms with Crippen LogP contribution in [0.2, 0.25) is 0 Å². The smallest absolute Gasteiger partial charge is 0.0813 e. The third-order valence-corrected chi connectivity index (χ3v) is 4.46. The first-order valence-electron chi connectivity index (χ1n) is 7.35. The first kappa shape index (κ1) is 15.0.